The van der Waals surface area contributed by atoms with E-state index in [1.54, 1.807) is 0 Å². The summed E-state index contributed by atoms with van der Waals surface area (Å²) in [6.07, 6.45) is -24.7. The van der Waals surface area contributed by atoms with Gasteiger partial charge >= 0.3 is 24.7 Å². The monoisotopic (exact) mass is 453 g/mol. The summed E-state index contributed by atoms with van der Waals surface area (Å²) in [6, 6.07) is -3.69. The fraction of sp³-hybridized carbons (Fsp3) is 0.643. The van der Waals surface area contributed by atoms with Crippen molar-refractivity contribution in [3.63, 3.8) is 0 Å². The van der Waals surface area contributed by atoms with Crippen molar-refractivity contribution >= 4 is 6.72 Å². The molecule has 0 aliphatic carbocycles. The number of halogens is 12. The van der Waals surface area contributed by atoms with Crippen molar-refractivity contribution in [1.82, 2.24) is 4.90 Å². The number of hydrogen-bond acceptors (Lipinski definition) is 2. The normalized spacial score (nSPS) is 23.1. The van der Waals surface area contributed by atoms with Gasteiger partial charge in [0.05, 0.1) is 5.57 Å². The van der Waals surface area contributed by atoms with Crippen LogP contribution in [-0.4, -0.2) is 73.6 Å². The summed E-state index contributed by atoms with van der Waals surface area (Å²) in [5.74, 6) is -5.83. The van der Waals surface area contributed by atoms with Crippen molar-refractivity contribution < 1.29 is 62.0 Å². The van der Waals surface area contributed by atoms with E-state index in [0.29, 0.717) is 21.1 Å². The number of allylic oxidation sites excluding steroid dienone is 2. The highest BCUT2D eigenvalue weighted by atomic mass is 19.4. The Kier molecular flexibility index (Phi) is 6.14. The molecule has 1 heterocycles. The molecular formula is C14H13F12N2O+. The number of ether oxygens (including phenoxy) is 1. The molecule has 0 aromatic carbocycles. The molecule has 1 aliphatic heterocycles. The van der Waals surface area contributed by atoms with Crippen LogP contribution in [0.2, 0.25) is 0 Å². The van der Waals surface area contributed by atoms with Crippen molar-refractivity contribution in [3.05, 3.63) is 23.2 Å². The minimum atomic E-state index is -6.13. The Balaban J connectivity index is 4.26. The van der Waals surface area contributed by atoms with Gasteiger partial charge in [-0.2, -0.15) is 52.7 Å². The Morgan fingerprint density at radius 2 is 1.38 bits per heavy atom. The van der Waals surface area contributed by atoms with Crippen LogP contribution in [0.5, 0.6) is 0 Å². The Morgan fingerprint density at radius 1 is 0.931 bits per heavy atom. The van der Waals surface area contributed by atoms with Crippen LogP contribution in [0.1, 0.15) is 0 Å². The molecule has 0 saturated heterocycles. The van der Waals surface area contributed by atoms with E-state index in [1.807, 2.05) is 0 Å². The highest BCUT2D eigenvalue weighted by Crippen LogP contribution is 2.54. The van der Waals surface area contributed by atoms with Crippen molar-refractivity contribution in [1.29, 1.82) is 0 Å². The van der Waals surface area contributed by atoms with E-state index in [0.717, 1.165) is 0 Å². The smallest absolute Gasteiger partial charge is 0.447 e. The van der Waals surface area contributed by atoms with Crippen LogP contribution in [0.4, 0.5) is 52.7 Å². The second kappa shape index (κ2) is 7.09. The van der Waals surface area contributed by atoms with Crippen LogP contribution in [0.3, 0.4) is 0 Å². The van der Waals surface area contributed by atoms with Gasteiger partial charge in [0.2, 0.25) is 11.5 Å². The summed E-state index contributed by atoms with van der Waals surface area (Å²) < 4.78 is 165. The first-order chi connectivity index (χ1) is 12.6. The van der Waals surface area contributed by atoms with E-state index in [2.05, 4.69) is 11.5 Å². The molecule has 0 spiro atoms. The molecule has 2 atom stereocenters. The second-order valence-corrected chi connectivity index (χ2v) is 6.21. The molecule has 3 nitrogen and oxygen atoms in total. The Bertz CT molecular complexity index is 723. The topological polar surface area (TPSA) is 15.5 Å². The van der Waals surface area contributed by atoms with E-state index < -0.39 is 59.5 Å². The highest BCUT2D eigenvalue weighted by molar-refractivity contribution is 5.44. The van der Waals surface area contributed by atoms with Crippen LogP contribution in [0.15, 0.2) is 23.2 Å². The zero-order valence-corrected chi connectivity index (χ0v) is 14.7. The molecule has 0 bridgehead atoms. The molecule has 0 N–H and O–H groups in total. The van der Waals surface area contributed by atoms with E-state index in [1.165, 1.54) is 0 Å². The fourth-order valence-corrected chi connectivity index (χ4v) is 2.81. The van der Waals surface area contributed by atoms with Crippen molar-refractivity contribution in [3.8, 4) is 0 Å². The SMILES string of the molecule is C=[N+](C)C(C1=C(C(F)(F)F)OC(C(F)(F)F)=CC1(N(C)C)C(F)(F)F)C(F)(F)F. The molecule has 0 fully saturated rings. The minimum Gasteiger partial charge on any atom is -0.447 e. The van der Waals surface area contributed by atoms with E-state index in [4.69, 9.17) is 0 Å². The summed E-state index contributed by atoms with van der Waals surface area (Å²) in [5.41, 5.74) is -7.01. The summed E-state index contributed by atoms with van der Waals surface area (Å²) in [6.45, 7) is 2.70. The molecule has 15 heteroatoms. The van der Waals surface area contributed by atoms with Crippen molar-refractivity contribution in [2.45, 2.75) is 36.3 Å². The third kappa shape index (κ3) is 4.48. The molecule has 1 rings (SSSR count). The van der Waals surface area contributed by atoms with Gasteiger partial charge < -0.3 is 4.74 Å². The quantitative estimate of drug-likeness (QED) is 0.358. The molecule has 0 aromatic rings. The maximum absolute atomic E-state index is 13.9. The van der Waals surface area contributed by atoms with Gasteiger partial charge in [0.15, 0.2) is 5.54 Å². The largest absolute Gasteiger partial charge is 0.456 e. The molecule has 0 radical (unpaired) electrons. The first-order valence-corrected chi connectivity index (χ1v) is 7.22. The average Bonchev–Trinajstić information content (AvgIpc) is 2.41. The lowest BCUT2D eigenvalue weighted by atomic mass is 9.79. The fourth-order valence-electron chi connectivity index (χ4n) is 2.81. The first-order valence-electron chi connectivity index (χ1n) is 7.22. The second-order valence-electron chi connectivity index (χ2n) is 6.21. The number of alkyl halides is 12. The molecule has 168 valence electrons. The van der Waals surface area contributed by atoms with Gasteiger partial charge in [-0.3, -0.25) is 4.90 Å². The summed E-state index contributed by atoms with van der Waals surface area (Å²) >= 11 is 0. The van der Waals surface area contributed by atoms with E-state index >= 15 is 0 Å². The standard InChI is InChI=1S/C14H13F12N2O/c1-27(2)8(12(18,19)20)7-9(13(21,22)23)29-6(11(15,16)17)5-10(7,28(3)4)14(24,25)26/h5,8H,1H2,2-4H3/q+1. The minimum absolute atomic E-state index is 0.232. The lowest BCUT2D eigenvalue weighted by Gasteiger charge is -2.45. The lowest BCUT2D eigenvalue weighted by molar-refractivity contribution is -0.561. The number of likely N-dealkylation sites (N-methyl/N-ethyl adjacent to an activating group) is 2. The molecule has 2 unspecified atom stereocenters. The predicted molar refractivity (Wildman–Crippen MR) is 73.9 cm³/mol. The van der Waals surface area contributed by atoms with Gasteiger partial charge in [-0.05, 0) is 20.2 Å². The zero-order chi connectivity index (χ0) is 23.4. The third-order valence-electron chi connectivity index (χ3n) is 3.91. The summed E-state index contributed by atoms with van der Waals surface area (Å²) in [7, 11) is 1.18. The van der Waals surface area contributed by atoms with Gasteiger partial charge in [-0.1, -0.05) is 0 Å². The number of rotatable bonds is 3. The van der Waals surface area contributed by atoms with Crippen molar-refractivity contribution in [2.24, 2.45) is 0 Å². The molecule has 0 aromatic heterocycles. The van der Waals surface area contributed by atoms with Gasteiger partial charge in [0.1, 0.15) is 13.8 Å². The maximum Gasteiger partial charge on any atom is 0.456 e. The molecule has 29 heavy (non-hydrogen) atoms. The van der Waals surface area contributed by atoms with E-state index in [-0.39, 0.29) is 9.48 Å². The zero-order valence-electron chi connectivity index (χ0n) is 14.7. The number of hydrogen-bond donors (Lipinski definition) is 0. The molecule has 0 saturated carbocycles. The van der Waals surface area contributed by atoms with Crippen molar-refractivity contribution in [2.75, 3.05) is 21.1 Å². The maximum atomic E-state index is 13.9. The molecule has 0 amide bonds. The Hall–Kier alpha value is -1.93. The van der Waals surface area contributed by atoms with Crippen LogP contribution >= 0.6 is 0 Å². The Labute approximate surface area is 155 Å². The van der Waals surface area contributed by atoms with Gasteiger partial charge in [0.25, 0.3) is 6.04 Å². The van der Waals surface area contributed by atoms with Gasteiger partial charge in [-0.25, -0.2) is 4.58 Å². The predicted octanol–water partition coefficient (Wildman–Crippen LogP) is 4.42. The first kappa shape index (κ1) is 25.1. The third-order valence-corrected chi connectivity index (χ3v) is 3.91. The van der Waals surface area contributed by atoms with Crippen LogP contribution in [0, 0.1) is 0 Å². The number of nitrogens with zero attached hydrogens (tertiary/aromatic N) is 2. The van der Waals surface area contributed by atoms with Crippen LogP contribution in [-0.2, 0) is 4.74 Å². The van der Waals surface area contributed by atoms with Gasteiger partial charge in [-0.15, -0.1) is 0 Å². The highest BCUT2D eigenvalue weighted by Gasteiger charge is 2.71. The summed E-state index contributed by atoms with van der Waals surface area (Å²) in [5, 5.41) is 0. The van der Waals surface area contributed by atoms with E-state index in [9.17, 15) is 52.7 Å². The molecular weight excluding hydrogens is 440 g/mol. The van der Waals surface area contributed by atoms with Gasteiger partial charge in [0, 0.05) is 0 Å². The Morgan fingerprint density at radius 3 is 1.62 bits per heavy atom. The van der Waals surface area contributed by atoms with Crippen LogP contribution in [0.25, 0.3) is 0 Å². The lowest BCUT2D eigenvalue weighted by Crippen LogP contribution is -2.63. The summed E-state index contributed by atoms with van der Waals surface area (Å²) in [4.78, 5) is -0.232. The average molecular weight is 453 g/mol. The van der Waals surface area contributed by atoms with Crippen LogP contribution < -0.4 is 0 Å². The molecule has 1 aliphatic rings.